The van der Waals surface area contributed by atoms with E-state index >= 15 is 0 Å². The van der Waals surface area contributed by atoms with Crippen molar-refractivity contribution in [2.24, 2.45) is 5.92 Å². The number of allylic oxidation sites excluding steroid dienone is 1. The summed E-state index contributed by atoms with van der Waals surface area (Å²) in [6.07, 6.45) is 4.35. The minimum atomic E-state index is 0.821. The van der Waals surface area contributed by atoms with Crippen LogP contribution in [0, 0.1) is 5.92 Å². The van der Waals surface area contributed by atoms with Gasteiger partial charge in [-0.1, -0.05) is 20.8 Å². The Morgan fingerprint density at radius 2 is 1.73 bits per heavy atom. The zero-order chi connectivity index (χ0) is 8.69. The average molecular weight is 154 g/mol. The van der Waals surface area contributed by atoms with Gasteiger partial charge in [-0.25, -0.2) is 4.79 Å². The van der Waals surface area contributed by atoms with E-state index in [2.05, 4.69) is 6.92 Å². The van der Waals surface area contributed by atoms with Crippen LogP contribution in [0.1, 0.15) is 46.5 Å². The Balaban J connectivity index is 0.000000461. The Kier molecular flexibility index (Phi) is 5.87. The molecule has 0 amide bonds. The van der Waals surface area contributed by atoms with Gasteiger partial charge in [0.15, 0.2) is 0 Å². The van der Waals surface area contributed by atoms with E-state index in [-0.39, 0.29) is 0 Å². The van der Waals surface area contributed by atoms with E-state index in [9.17, 15) is 4.79 Å². The van der Waals surface area contributed by atoms with Crippen molar-refractivity contribution in [1.82, 2.24) is 0 Å². The van der Waals surface area contributed by atoms with Crippen molar-refractivity contribution in [1.29, 1.82) is 0 Å². The highest BCUT2D eigenvalue weighted by Crippen LogP contribution is 2.25. The summed E-state index contributed by atoms with van der Waals surface area (Å²) in [5.41, 5.74) is 0.994. The van der Waals surface area contributed by atoms with Crippen LogP contribution in [-0.2, 0) is 4.79 Å². The first kappa shape index (κ1) is 10.4. The zero-order valence-corrected chi connectivity index (χ0v) is 7.81. The van der Waals surface area contributed by atoms with Crippen LogP contribution < -0.4 is 0 Å². The lowest BCUT2D eigenvalue weighted by molar-refractivity contribution is 0.443. The fourth-order valence-corrected chi connectivity index (χ4v) is 1.21. The standard InChI is InChI=1S/C8H12O.C2H6/c1-7-2-4-8(6-9)5-3-7;1-2/h7H,2-5H2,1H3;1-2H3. The molecule has 0 unspecified atom stereocenters. The van der Waals surface area contributed by atoms with Gasteiger partial charge in [-0.2, -0.15) is 0 Å². The lowest BCUT2D eigenvalue weighted by atomic mass is 9.88. The van der Waals surface area contributed by atoms with Crippen molar-refractivity contribution in [3.63, 3.8) is 0 Å². The molecule has 0 N–H and O–H groups in total. The lowest BCUT2D eigenvalue weighted by Crippen LogP contribution is -2.03. The van der Waals surface area contributed by atoms with Crippen LogP contribution in [0.4, 0.5) is 0 Å². The van der Waals surface area contributed by atoms with E-state index in [1.54, 1.807) is 0 Å². The third kappa shape index (κ3) is 4.00. The Hall–Kier alpha value is -0.550. The van der Waals surface area contributed by atoms with Crippen LogP contribution in [0.2, 0.25) is 0 Å². The summed E-state index contributed by atoms with van der Waals surface area (Å²) in [6.45, 7) is 6.24. The minimum absolute atomic E-state index is 0.821. The first-order valence-electron chi connectivity index (χ1n) is 4.56. The molecular formula is C10H18O. The summed E-state index contributed by atoms with van der Waals surface area (Å²) in [4.78, 5) is 10.1. The fraction of sp³-hybridized carbons (Fsp3) is 0.800. The Morgan fingerprint density at radius 3 is 2.09 bits per heavy atom. The summed E-state index contributed by atoms with van der Waals surface area (Å²) in [5.74, 6) is 2.81. The van der Waals surface area contributed by atoms with Gasteiger partial charge >= 0.3 is 0 Å². The van der Waals surface area contributed by atoms with Crippen LogP contribution >= 0.6 is 0 Å². The molecule has 1 heteroatoms. The second-order valence-corrected chi connectivity index (χ2v) is 2.89. The van der Waals surface area contributed by atoms with Crippen LogP contribution in [-0.4, -0.2) is 5.94 Å². The molecule has 1 saturated carbocycles. The number of rotatable bonds is 0. The number of carbonyl (C=O) groups excluding carboxylic acids is 1. The van der Waals surface area contributed by atoms with Gasteiger partial charge in [0.25, 0.3) is 0 Å². The van der Waals surface area contributed by atoms with Crippen molar-refractivity contribution in [2.45, 2.75) is 46.5 Å². The molecule has 0 aromatic carbocycles. The predicted octanol–water partition coefficient (Wildman–Crippen LogP) is 2.98. The second kappa shape index (κ2) is 6.18. The summed E-state index contributed by atoms with van der Waals surface area (Å²) in [6, 6.07) is 0. The van der Waals surface area contributed by atoms with E-state index in [1.165, 1.54) is 12.8 Å². The van der Waals surface area contributed by atoms with Crippen LogP contribution in [0.5, 0.6) is 0 Å². The molecule has 1 aliphatic rings. The highest BCUT2D eigenvalue weighted by Gasteiger charge is 2.11. The Labute approximate surface area is 69.5 Å². The molecule has 1 aliphatic carbocycles. The Bertz CT molecular complexity index is 133. The molecule has 1 rings (SSSR count). The third-order valence-electron chi connectivity index (χ3n) is 2.02. The van der Waals surface area contributed by atoms with E-state index in [0.717, 1.165) is 24.3 Å². The van der Waals surface area contributed by atoms with E-state index < -0.39 is 0 Å². The molecule has 0 spiro atoms. The van der Waals surface area contributed by atoms with E-state index in [4.69, 9.17) is 0 Å². The topological polar surface area (TPSA) is 17.1 Å². The van der Waals surface area contributed by atoms with Crippen LogP contribution in [0.15, 0.2) is 5.57 Å². The molecule has 1 nitrogen and oxygen atoms in total. The maximum absolute atomic E-state index is 10.1. The zero-order valence-electron chi connectivity index (χ0n) is 7.81. The average Bonchev–Trinajstić information content (AvgIpc) is 2.10. The predicted molar refractivity (Wildman–Crippen MR) is 48.2 cm³/mol. The molecule has 0 bridgehead atoms. The van der Waals surface area contributed by atoms with Gasteiger partial charge in [0.05, 0.1) is 0 Å². The normalized spacial score (nSPS) is 23.2. The fourth-order valence-electron chi connectivity index (χ4n) is 1.21. The molecule has 0 radical (unpaired) electrons. The van der Waals surface area contributed by atoms with Gasteiger partial charge in [0.2, 0.25) is 0 Å². The van der Waals surface area contributed by atoms with Crippen molar-refractivity contribution in [3.8, 4) is 0 Å². The molecule has 0 aromatic heterocycles. The molecule has 11 heavy (non-hydrogen) atoms. The second-order valence-electron chi connectivity index (χ2n) is 2.89. The number of hydrogen-bond acceptors (Lipinski definition) is 1. The minimum Gasteiger partial charge on any atom is -0.234 e. The molecule has 0 atom stereocenters. The highest BCUT2D eigenvalue weighted by atomic mass is 16.1. The van der Waals surface area contributed by atoms with Gasteiger partial charge in [-0.15, -0.1) is 0 Å². The summed E-state index contributed by atoms with van der Waals surface area (Å²) < 4.78 is 0. The summed E-state index contributed by atoms with van der Waals surface area (Å²) in [7, 11) is 0. The molecule has 64 valence electrons. The maximum Gasteiger partial charge on any atom is 0.123 e. The molecule has 0 aliphatic heterocycles. The number of hydrogen-bond donors (Lipinski definition) is 0. The van der Waals surface area contributed by atoms with E-state index in [1.807, 2.05) is 19.8 Å². The highest BCUT2D eigenvalue weighted by molar-refractivity contribution is 5.52. The van der Waals surface area contributed by atoms with Crippen molar-refractivity contribution in [2.75, 3.05) is 0 Å². The summed E-state index contributed by atoms with van der Waals surface area (Å²) >= 11 is 0. The van der Waals surface area contributed by atoms with E-state index in [0.29, 0.717) is 0 Å². The molecule has 0 saturated heterocycles. The first-order chi connectivity index (χ1) is 5.33. The smallest absolute Gasteiger partial charge is 0.123 e. The van der Waals surface area contributed by atoms with Crippen molar-refractivity contribution < 1.29 is 4.79 Å². The third-order valence-corrected chi connectivity index (χ3v) is 2.02. The molecule has 0 heterocycles. The van der Waals surface area contributed by atoms with Crippen LogP contribution in [0.25, 0.3) is 0 Å². The molecule has 0 aromatic rings. The largest absolute Gasteiger partial charge is 0.234 e. The van der Waals surface area contributed by atoms with Gasteiger partial charge in [0, 0.05) is 5.57 Å². The molecule has 1 fully saturated rings. The Morgan fingerprint density at radius 1 is 1.27 bits per heavy atom. The summed E-state index contributed by atoms with van der Waals surface area (Å²) in [5, 5.41) is 0. The first-order valence-corrected chi connectivity index (χ1v) is 4.56. The van der Waals surface area contributed by atoms with Gasteiger partial charge in [-0.05, 0) is 31.6 Å². The molecular weight excluding hydrogens is 136 g/mol. The van der Waals surface area contributed by atoms with Gasteiger partial charge in [0.1, 0.15) is 5.94 Å². The van der Waals surface area contributed by atoms with Crippen LogP contribution in [0.3, 0.4) is 0 Å². The van der Waals surface area contributed by atoms with Gasteiger partial charge in [-0.3, -0.25) is 0 Å². The maximum atomic E-state index is 10.1. The van der Waals surface area contributed by atoms with Gasteiger partial charge < -0.3 is 0 Å². The quantitative estimate of drug-likeness (QED) is 0.490. The monoisotopic (exact) mass is 154 g/mol. The SMILES string of the molecule is CC.CC1CCC(=C=O)CC1. The van der Waals surface area contributed by atoms with Crippen molar-refractivity contribution >= 4 is 5.94 Å². The van der Waals surface area contributed by atoms with Crippen molar-refractivity contribution in [3.05, 3.63) is 5.57 Å². The lowest BCUT2D eigenvalue weighted by Gasteiger charge is -2.16.